The summed E-state index contributed by atoms with van der Waals surface area (Å²) in [5.41, 5.74) is 0.770. The SMILES string of the molecule is C=CCOC(=O)c1sc(N2C(=O)C(=O)C(=C(O)c3ccc(C)c(F)c3)[C@@H]2c2ccc(OCC)c(OC)c2)nc1C. The van der Waals surface area contributed by atoms with Crippen LogP contribution >= 0.6 is 11.3 Å². The minimum atomic E-state index is -1.18. The van der Waals surface area contributed by atoms with Gasteiger partial charge in [-0.05, 0) is 50.1 Å². The number of carbonyl (C=O) groups is 3. The van der Waals surface area contributed by atoms with Gasteiger partial charge in [0.2, 0.25) is 0 Å². The molecule has 1 aromatic heterocycles. The van der Waals surface area contributed by atoms with Crippen molar-refractivity contribution in [2.45, 2.75) is 26.8 Å². The first-order valence-corrected chi connectivity index (χ1v) is 13.1. The quantitative estimate of drug-likeness (QED) is 0.122. The number of ketones is 1. The van der Waals surface area contributed by atoms with Gasteiger partial charge in [-0.15, -0.1) is 0 Å². The summed E-state index contributed by atoms with van der Waals surface area (Å²) in [5, 5.41) is 11.3. The van der Waals surface area contributed by atoms with Gasteiger partial charge in [0, 0.05) is 5.56 Å². The number of anilines is 1. The highest BCUT2D eigenvalue weighted by atomic mass is 32.1. The van der Waals surface area contributed by atoms with Crippen molar-refractivity contribution < 1.29 is 38.1 Å². The third-order valence-electron chi connectivity index (χ3n) is 6.20. The van der Waals surface area contributed by atoms with E-state index in [1.54, 1.807) is 32.0 Å². The molecule has 1 amide bonds. The predicted molar refractivity (Wildman–Crippen MR) is 147 cm³/mol. The molecule has 0 saturated carbocycles. The maximum absolute atomic E-state index is 14.4. The Hall–Kier alpha value is -4.51. The Bertz CT molecular complexity index is 1550. The molecule has 9 nitrogen and oxygen atoms in total. The van der Waals surface area contributed by atoms with E-state index in [9.17, 15) is 23.9 Å². The second kappa shape index (κ2) is 11.7. The number of aliphatic hydroxyl groups is 1. The van der Waals surface area contributed by atoms with E-state index in [-0.39, 0.29) is 27.8 Å². The van der Waals surface area contributed by atoms with E-state index in [0.717, 1.165) is 22.3 Å². The topological polar surface area (TPSA) is 115 Å². The van der Waals surface area contributed by atoms with Gasteiger partial charge in [0.1, 0.15) is 23.1 Å². The lowest BCUT2D eigenvalue weighted by molar-refractivity contribution is -0.132. The lowest BCUT2D eigenvalue weighted by Crippen LogP contribution is -2.29. The number of aryl methyl sites for hydroxylation is 2. The molecule has 0 radical (unpaired) electrons. The minimum absolute atomic E-state index is 0.0187. The molecule has 1 aliphatic heterocycles. The van der Waals surface area contributed by atoms with Gasteiger partial charge in [0.15, 0.2) is 16.6 Å². The van der Waals surface area contributed by atoms with Crippen molar-refractivity contribution in [3.05, 3.63) is 87.7 Å². The Labute approximate surface area is 234 Å². The van der Waals surface area contributed by atoms with Gasteiger partial charge < -0.3 is 19.3 Å². The average molecular weight is 567 g/mol. The number of Topliss-reactive ketones (excluding diaryl/α,β-unsaturated/α-hetero) is 1. The van der Waals surface area contributed by atoms with Gasteiger partial charge in [-0.1, -0.05) is 42.2 Å². The number of aliphatic hydroxyl groups excluding tert-OH is 1. The van der Waals surface area contributed by atoms with Crippen LogP contribution in [-0.4, -0.2) is 48.1 Å². The molecule has 0 bridgehead atoms. The number of hydrogen-bond acceptors (Lipinski definition) is 9. The van der Waals surface area contributed by atoms with Crippen LogP contribution in [0.15, 0.2) is 54.6 Å². The monoisotopic (exact) mass is 566 g/mol. The molecule has 0 unspecified atom stereocenters. The Morgan fingerprint density at radius 1 is 1.20 bits per heavy atom. The van der Waals surface area contributed by atoms with Crippen molar-refractivity contribution in [2.75, 3.05) is 25.2 Å². The molecular formula is C29H27FN2O7S. The number of aromatic nitrogens is 1. The maximum Gasteiger partial charge on any atom is 0.350 e. The molecule has 3 aromatic rings. The smallest absolute Gasteiger partial charge is 0.350 e. The number of thiazole rings is 1. The third-order valence-corrected chi connectivity index (χ3v) is 7.34. The molecule has 1 fully saturated rings. The average Bonchev–Trinajstić information content (AvgIpc) is 3.45. The van der Waals surface area contributed by atoms with Crippen LogP contribution < -0.4 is 14.4 Å². The molecule has 40 heavy (non-hydrogen) atoms. The summed E-state index contributed by atoms with van der Waals surface area (Å²) < 4.78 is 30.6. The Kier molecular flexibility index (Phi) is 8.34. The van der Waals surface area contributed by atoms with Crippen molar-refractivity contribution in [1.29, 1.82) is 0 Å². The first-order valence-electron chi connectivity index (χ1n) is 12.3. The van der Waals surface area contributed by atoms with Gasteiger partial charge in [-0.2, -0.15) is 0 Å². The van der Waals surface area contributed by atoms with Gasteiger partial charge in [0.25, 0.3) is 5.78 Å². The van der Waals surface area contributed by atoms with Gasteiger partial charge in [0.05, 0.1) is 31.0 Å². The summed E-state index contributed by atoms with van der Waals surface area (Å²) >= 11 is 0.867. The van der Waals surface area contributed by atoms with E-state index in [4.69, 9.17) is 14.2 Å². The molecule has 2 heterocycles. The highest BCUT2D eigenvalue weighted by Crippen LogP contribution is 2.45. The van der Waals surface area contributed by atoms with Crippen LogP contribution in [0.4, 0.5) is 9.52 Å². The molecule has 2 aromatic carbocycles. The number of ether oxygens (including phenoxy) is 3. The van der Waals surface area contributed by atoms with Crippen LogP contribution in [0.3, 0.4) is 0 Å². The molecule has 1 atom stereocenters. The summed E-state index contributed by atoms with van der Waals surface area (Å²) in [7, 11) is 1.44. The summed E-state index contributed by atoms with van der Waals surface area (Å²) in [5.74, 6) is -3.02. The van der Waals surface area contributed by atoms with Crippen molar-refractivity contribution in [3.63, 3.8) is 0 Å². The molecule has 11 heteroatoms. The highest BCUT2D eigenvalue weighted by Gasteiger charge is 2.48. The van der Waals surface area contributed by atoms with Crippen molar-refractivity contribution >= 4 is 39.9 Å². The summed E-state index contributed by atoms with van der Waals surface area (Å²) in [6, 6.07) is 7.65. The van der Waals surface area contributed by atoms with E-state index >= 15 is 0 Å². The zero-order valence-corrected chi connectivity index (χ0v) is 23.1. The molecule has 4 rings (SSSR count). The Morgan fingerprint density at radius 2 is 1.95 bits per heavy atom. The molecule has 1 N–H and O–H groups in total. The number of benzene rings is 2. The normalized spacial score (nSPS) is 16.2. The molecular weight excluding hydrogens is 539 g/mol. The van der Waals surface area contributed by atoms with E-state index in [2.05, 4.69) is 11.6 Å². The van der Waals surface area contributed by atoms with Crippen molar-refractivity contribution in [2.24, 2.45) is 0 Å². The third kappa shape index (κ3) is 5.20. The summed E-state index contributed by atoms with van der Waals surface area (Å²) in [4.78, 5) is 45.1. The number of halogens is 1. The Balaban J connectivity index is 1.93. The maximum atomic E-state index is 14.4. The fraction of sp³-hybridized carbons (Fsp3) is 0.241. The number of amides is 1. The fourth-order valence-electron chi connectivity index (χ4n) is 4.24. The van der Waals surface area contributed by atoms with Crippen molar-refractivity contribution in [1.82, 2.24) is 4.98 Å². The standard InChI is InChI=1S/C29H27FN2O7S/c1-6-12-39-28(36)26-16(4)31-29(40-26)32-23(17-10-11-20(38-7-2)21(14-17)37-5)22(25(34)27(32)35)24(33)18-9-8-15(3)19(30)13-18/h6,8-11,13-14,23,33H,1,7,12H2,2-5H3/t23-/m0/s1. The second-order valence-electron chi connectivity index (χ2n) is 8.77. The highest BCUT2D eigenvalue weighted by molar-refractivity contribution is 7.17. The summed E-state index contributed by atoms with van der Waals surface area (Å²) in [6.45, 7) is 8.82. The fourth-order valence-corrected chi connectivity index (χ4v) is 5.23. The van der Waals surface area contributed by atoms with Crippen LogP contribution in [0.25, 0.3) is 5.76 Å². The molecule has 0 spiro atoms. The van der Waals surface area contributed by atoms with Gasteiger partial charge in [-0.3, -0.25) is 14.5 Å². The predicted octanol–water partition coefficient (Wildman–Crippen LogP) is 5.28. The molecule has 1 saturated heterocycles. The first-order chi connectivity index (χ1) is 19.1. The number of nitrogens with zero attached hydrogens (tertiary/aromatic N) is 2. The first kappa shape index (κ1) is 28.5. The largest absolute Gasteiger partial charge is 0.507 e. The van der Waals surface area contributed by atoms with Crippen LogP contribution in [-0.2, 0) is 14.3 Å². The zero-order valence-electron chi connectivity index (χ0n) is 22.3. The zero-order chi connectivity index (χ0) is 29.1. The molecule has 0 aliphatic carbocycles. The Morgan fingerprint density at radius 3 is 2.60 bits per heavy atom. The van der Waals surface area contributed by atoms with E-state index in [0.29, 0.717) is 34.9 Å². The van der Waals surface area contributed by atoms with Crippen LogP contribution in [0.1, 0.15) is 45.0 Å². The molecule has 208 valence electrons. The summed E-state index contributed by atoms with van der Waals surface area (Å²) in [6.07, 6.45) is 1.42. The number of rotatable bonds is 9. The van der Waals surface area contributed by atoms with Gasteiger partial charge >= 0.3 is 11.9 Å². The lowest BCUT2D eigenvalue weighted by Gasteiger charge is -2.24. The number of esters is 1. The molecule has 1 aliphatic rings. The van der Waals surface area contributed by atoms with E-state index in [1.807, 2.05) is 6.92 Å². The van der Waals surface area contributed by atoms with Crippen LogP contribution in [0, 0.1) is 19.7 Å². The lowest BCUT2D eigenvalue weighted by atomic mass is 9.94. The number of hydrogen-bond donors (Lipinski definition) is 1. The minimum Gasteiger partial charge on any atom is -0.507 e. The van der Waals surface area contributed by atoms with Crippen LogP contribution in [0.2, 0.25) is 0 Å². The number of carbonyl (C=O) groups excluding carboxylic acids is 3. The van der Waals surface area contributed by atoms with Gasteiger partial charge in [-0.25, -0.2) is 14.2 Å². The number of methoxy groups -OCH3 is 1. The van der Waals surface area contributed by atoms with Crippen LogP contribution in [0.5, 0.6) is 11.5 Å². The second-order valence-corrected chi connectivity index (χ2v) is 9.75. The van der Waals surface area contributed by atoms with E-state index in [1.165, 1.54) is 25.3 Å². The van der Waals surface area contributed by atoms with E-state index < -0.39 is 35.3 Å². The van der Waals surface area contributed by atoms with Crippen molar-refractivity contribution in [3.8, 4) is 11.5 Å².